The van der Waals surface area contributed by atoms with Gasteiger partial charge in [0.15, 0.2) is 0 Å². The van der Waals surface area contributed by atoms with Crippen molar-refractivity contribution in [3.05, 3.63) is 35.9 Å². The van der Waals surface area contributed by atoms with Gasteiger partial charge in [-0.2, -0.15) is 0 Å². The van der Waals surface area contributed by atoms with Gasteiger partial charge >= 0.3 is 12.1 Å². The number of methoxy groups -OCH3 is 1. The average molecular weight is 380 g/mol. The Kier molecular flexibility index (Phi) is 9.89. The Hall–Kier alpha value is -2.61. The summed E-state index contributed by atoms with van der Waals surface area (Å²) in [7, 11) is 1.25. The van der Waals surface area contributed by atoms with Crippen LogP contribution in [0.1, 0.15) is 32.3 Å². The van der Waals surface area contributed by atoms with Crippen LogP contribution < -0.4 is 10.6 Å². The minimum atomic E-state index is -1.11. The SMILES string of the molecule is CC[C@@H](C)[C@H](NC(=O)C[C@H](O)CNC(=O)OCc1ccccc1)C(=O)OC. The Labute approximate surface area is 159 Å². The van der Waals surface area contributed by atoms with Crippen molar-refractivity contribution in [1.82, 2.24) is 10.6 Å². The van der Waals surface area contributed by atoms with Crippen LogP contribution in [0.5, 0.6) is 0 Å². The molecule has 3 atom stereocenters. The van der Waals surface area contributed by atoms with Gasteiger partial charge < -0.3 is 25.2 Å². The average Bonchev–Trinajstić information content (AvgIpc) is 2.68. The van der Waals surface area contributed by atoms with E-state index in [1.54, 1.807) is 0 Å². The van der Waals surface area contributed by atoms with Crippen LogP contribution in [0.4, 0.5) is 4.79 Å². The van der Waals surface area contributed by atoms with Crippen molar-refractivity contribution in [2.75, 3.05) is 13.7 Å². The van der Waals surface area contributed by atoms with Crippen molar-refractivity contribution in [2.45, 2.75) is 45.4 Å². The lowest BCUT2D eigenvalue weighted by Gasteiger charge is -2.22. The molecule has 0 spiro atoms. The molecule has 0 radical (unpaired) electrons. The van der Waals surface area contributed by atoms with Gasteiger partial charge in [0.1, 0.15) is 12.6 Å². The number of rotatable bonds is 10. The minimum absolute atomic E-state index is 0.107. The number of aliphatic hydroxyl groups is 1. The van der Waals surface area contributed by atoms with Gasteiger partial charge in [-0.25, -0.2) is 9.59 Å². The summed E-state index contributed by atoms with van der Waals surface area (Å²) in [6.45, 7) is 3.68. The third-order valence-corrected chi connectivity index (χ3v) is 4.10. The minimum Gasteiger partial charge on any atom is -0.467 e. The number of amides is 2. The van der Waals surface area contributed by atoms with Crippen LogP contribution in [0, 0.1) is 5.92 Å². The molecule has 0 aliphatic rings. The third-order valence-electron chi connectivity index (χ3n) is 4.10. The topological polar surface area (TPSA) is 114 Å². The summed E-state index contributed by atoms with van der Waals surface area (Å²) in [6, 6.07) is 8.39. The van der Waals surface area contributed by atoms with E-state index in [4.69, 9.17) is 9.47 Å². The summed E-state index contributed by atoms with van der Waals surface area (Å²) < 4.78 is 9.71. The smallest absolute Gasteiger partial charge is 0.407 e. The molecule has 150 valence electrons. The maximum atomic E-state index is 12.0. The number of benzene rings is 1. The fourth-order valence-electron chi connectivity index (χ4n) is 2.29. The van der Waals surface area contributed by atoms with E-state index in [2.05, 4.69) is 10.6 Å². The lowest BCUT2D eigenvalue weighted by Crippen LogP contribution is -2.47. The molecule has 1 aromatic carbocycles. The maximum absolute atomic E-state index is 12.0. The van der Waals surface area contributed by atoms with Gasteiger partial charge in [-0.05, 0) is 11.5 Å². The van der Waals surface area contributed by atoms with Crippen LogP contribution >= 0.6 is 0 Å². The summed E-state index contributed by atoms with van der Waals surface area (Å²) in [4.78, 5) is 35.4. The summed E-state index contributed by atoms with van der Waals surface area (Å²) in [5.41, 5.74) is 0.839. The zero-order chi connectivity index (χ0) is 20.2. The Bertz CT molecular complexity index is 607. The highest BCUT2D eigenvalue weighted by Crippen LogP contribution is 2.09. The number of nitrogens with one attached hydrogen (secondary N) is 2. The van der Waals surface area contributed by atoms with Gasteiger partial charge in [-0.15, -0.1) is 0 Å². The molecule has 8 heteroatoms. The van der Waals surface area contributed by atoms with Crippen molar-refractivity contribution in [3.8, 4) is 0 Å². The second kappa shape index (κ2) is 11.9. The second-order valence-electron chi connectivity index (χ2n) is 6.25. The molecule has 0 aliphatic heterocycles. The molecule has 0 fully saturated rings. The number of carbonyl (C=O) groups excluding carboxylic acids is 3. The van der Waals surface area contributed by atoms with E-state index in [9.17, 15) is 19.5 Å². The van der Waals surface area contributed by atoms with Crippen molar-refractivity contribution >= 4 is 18.0 Å². The van der Waals surface area contributed by atoms with E-state index < -0.39 is 30.1 Å². The molecule has 1 aromatic rings. The zero-order valence-corrected chi connectivity index (χ0v) is 15.9. The summed E-state index contributed by atoms with van der Waals surface area (Å²) in [5.74, 6) is -1.14. The third kappa shape index (κ3) is 8.54. The van der Waals surface area contributed by atoms with E-state index in [0.29, 0.717) is 6.42 Å². The van der Waals surface area contributed by atoms with Gasteiger partial charge in [-0.3, -0.25) is 4.79 Å². The molecule has 0 aromatic heterocycles. The molecule has 1 rings (SSSR count). The molecular weight excluding hydrogens is 352 g/mol. The zero-order valence-electron chi connectivity index (χ0n) is 15.9. The predicted molar refractivity (Wildman–Crippen MR) is 98.7 cm³/mol. The highest BCUT2D eigenvalue weighted by Gasteiger charge is 2.27. The first-order valence-electron chi connectivity index (χ1n) is 8.87. The largest absolute Gasteiger partial charge is 0.467 e. The predicted octanol–water partition coefficient (Wildman–Crippen LogP) is 1.37. The quantitative estimate of drug-likeness (QED) is 0.528. The van der Waals surface area contributed by atoms with Gasteiger partial charge in [0, 0.05) is 6.54 Å². The summed E-state index contributed by atoms with van der Waals surface area (Å²) >= 11 is 0. The number of esters is 1. The van der Waals surface area contributed by atoms with E-state index in [1.165, 1.54) is 7.11 Å². The molecular formula is C19H28N2O6. The monoisotopic (exact) mass is 380 g/mol. The molecule has 0 aliphatic carbocycles. The fourth-order valence-corrected chi connectivity index (χ4v) is 2.29. The fraction of sp³-hybridized carbons (Fsp3) is 0.526. The van der Waals surface area contributed by atoms with Gasteiger partial charge in [-0.1, -0.05) is 50.6 Å². The number of alkyl carbamates (subject to hydrolysis) is 1. The normalized spacial score (nSPS) is 13.8. The summed E-state index contributed by atoms with van der Waals surface area (Å²) in [5, 5.41) is 14.9. The van der Waals surface area contributed by atoms with E-state index in [1.807, 2.05) is 44.2 Å². The Morgan fingerprint density at radius 2 is 1.85 bits per heavy atom. The van der Waals surface area contributed by atoms with Crippen molar-refractivity contribution in [1.29, 1.82) is 0 Å². The van der Waals surface area contributed by atoms with Crippen molar-refractivity contribution in [2.24, 2.45) is 5.92 Å². The number of hydrogen-bond donors (Lipinski definition) is 3. The van der Waals surface area contributed by atoms with Gasteiger partial charge in [0.25, 0.3) is 0 Å². The number of hydrogen-bond acceptors (Lipinski definition) is 6. The van der Waals surface area contributed by atoms with Crippen molar-refractivity contribution in [3.63, 3.8) is 0 Å². The first-order chi connectivity index (χ1) is 12.9. The highest BCUT2D eigenvalue weighted by atomic mass is 16.5. The van der Waals surface area contributed by atoms with Gasteiger partial charge in [0.2, 0.25) is 5.91 Å². The second-order valence-corrected chi connectivity index (χ2v) is 6.25. The Morgan fingerprint density at radius 3 is 2.44 bits per heavy atom. The number of aliphatic hydroxyl groups excluding tert-OH is 1. The Balaban J connectivity index is 2.35. The molecule has 0 heterocycles. The molecule has 8 nitrogen and oxygen atoms in total. The number of carbonyl (C=O) groups is 3. The molecule has 0 unspecified atom stereocenters. The molecule has 0 bridgehead atoms. The molecule has 2 amide bonds. The van der Waals surface area contributed by atoms with Crippen LogP contribution in [-0.4, -0.2) is 48.9 Å². The van der Waals surface area contributed by atoms with Crippen LogP contribution in [-0.2, 0) is 25.7 Å². The lowest BCUT2D eigenvalue weighted by atomic mass is 9.99. The Morgan fingerprint density at radius 1 is 1.19 bits per heavy atom. The number of ether oxygens (including phenoxy) is 2. The standard InChI is InChI=1S/C19H28N2O6/c1-4-13(2)17(18(24)26-3)21-16(23)10-15(22)11-20-19(25)27-12-14-8-6-5-7-9-14/h5-9,13,15,17,22H,4,10-12H2,1-3H3,(H,20,25)(H,21,23)/t13-,15+,17+/m1/s1. The highest BCUT2D eigenvalue weighted by molar-refractivity contribution is 5.84. The van der Waals surface area contributed by atoms with Crippen LogP contribution in [0.15, 0.2) is 30.3 Å². The first kappa shape index (κ1) is 22.4. The lowest BCUT2D eigenvalue weighted by molar-refractivity contribution is -0.146. The van der Waals surface area contributed by atoms with Crippen LogP contribution in [0.2, 0.25) is 0 Å². The molecule has 27 heavy (non-hydrogen) atoms. The first-order valence-corrected chi connectivity index (χ1v) is 8.87. The van der Waals surface area contributed by atoms with Gasteiger partial charge in [0.05, 0.1) is 19.6 Å². The van der Waals surface area contributed by atoms with E-state index >= 15 is 0 Å². The molecule has 3 N–H and O–H groups in total. The van der Waals surface area contributed by atoms with Crippen molar-refractivity contribution < 1.29 is 29.0 Å². The van der Waals surface area contributed by atoms with E-state index in [-0.39, 0.29) is 25.5 Å². The molecule has 0 saturated heterocycles. The molecule has 0 saturated carbocycles. The maximum Gasteiger partial charge on any atom is 0.407 e. The summed E-state index contributed by atoms with van der Waals surface area (Å²) in [6.07, 6.45) is -1.38. The van der Waals surface area contributed by atoms with Crippen LogP contribution in [0.25, 0.3) is 0 Å². The van der Waals surface area contributed by atoms with E-state index in [0.717, 1.165) is 5.56 Å². The van der Waals surface area contributed by atoms with Crippen LogP contribution in [0.3, 0.4) is 0 Å².